The Labute approximate surface area is 132 Å². The Bertz CT molecular complexity index is 881. The average Bonchev–Trinajstić information content (AvgIpc) is 2.94. The lowest BCUT2D eigenvalue weighted by Crippen LogP contribution is -2.14. The Kier molecular flexibility index (Phi) is 3.80. The number of carbonyl (C=O) groups is 2. The normalized spacial score (nSPS) is 10.7. The number of hydrogen-bond donors (Lipinski definition) is 2. The molecule has 0 bridgehead atoms. The monoisotopic (exact) mass is 308 g/mol. The van der Waals surface area contributed by atoms with E-state index in [0.717, 1.165) is 17.8 Å². The zero-order chi connectivity index (χ0) is 16.4. The molecule has 3 aromatic rings. The molecule has 0 atom stereocenters. The predicted octanol–water partition coefficient (Wildman–Crippen LogP) is 2.25. The largest absolute Gasteiger partial charge is 0.366 e. The lowest BCUT2D eigenvalue weighted by atomic mass is 10.2. The molecule has 6 heteroatoms. The fraction of sp³-hybridized carbons (Fsp3) is 0.118. The second-order valence-corrected chi connectivity index (χ2v) is 5.08. The third-order valence-corrected chi connectivity index (χ3v) is 3.58. The van der Waals surface area contributed by atoms with Gasteiger partial charge in [0.2, 0.25) is 5.91 Å². The van der Waals surface area contributed by atoms with Crippen molar-refractivity contribution in [3.8, 4) is 0 Å². The fourth-order valence-corrected chi connectivity index (χ4v) is 2.43. The molecule has 0 saturated carbocycles. The van der Waals surface area contributed by atoms with Gasteiger partial charge in [-0.25, -0.2) is 4.98 Å². The lowest BCUT2D eigenvalue weighted by Gasteiger charge is -2.04. The summed E-state index contributed by atoms with van der Waals surface area (Å²) in [5, 5.41) is 2.79. The highest BCUT2D eigenvalue weighted by Crippen LogP contribution is 2.16. The minimum absolute atomic E-state index is 0.291. The Morgan fingerprint density at radius 2 is 1.91 bits per heavy atom. The van der Waals surface area contributed by atoms with Crippen molar-refractivity contribution in [1.82, 2.24) is 9.38 Å². The van der Waals surface area contributed by atoms with Gasteiger partial charge in [0, 0.05) is 23.9 Å². The van der Waals surface area contributed by atoms with Crippen molar-refractivity contribution >= 4 is 23.0 Å². The third-order valence-electron chi connectivity index (χ3n) is 3.58. The molecule has 0 aliphatic carbocycles. The molecule has 3 rings (SSSR count). The minimum atomic E-state index is -0.504. The molecule has 0 fully saturated rings. The number of nitrogens with two attached hydrogens (primary N) is 1. The summed E-state index contributed by atoms with van der Waals surface area (Å²) in [6.45, 7) is 1.99. The summed E-state index contributed by atoms with van der Waals surface area (Å²) in [5.41, 5.74) is 7.30. The number of fused-ring (bicyclic) bond motifs is 1. The highest BCUT2D eigenvalue weighted by Gasteiger charge is 2.16. The number of hydrogen-bond acceptors (Lipinski definition) is 3. The molecule has 2 aromatic heterocycles. The Hall–Kier alpha value is -3.15. The number of anilines is 1. The quantitative estimate of drug-likeness (QED) is 0.774. The van der Waals surface area contributed by atoms with Gasteiger partial charge >= 0.3 is 0 Å². The molecule has 0 aliphatic heterocycles. The van der Waals surface area contributed by atoms with Gasteiger partial charge in [0.1, 0.15) is 5.82 Å². The van der Waals surface area contributed by atoms with Crippen molar-refractivity contribution in [3.05, 3.63) is 65.7 Å². The number of rotatable bonds is 4. The van der Waals surface area contributed by atoms with E-state index in [0.29, 0.717) is 16.9 Å². The van der Waals surface area contributed by atoms with E-state index in [4.69, 9.17) is 5.73 Å². The first-order chi connectivity index (χ1) is 11.1. The van der Waals surface area contributed by atoms with Crippen LogP contribution in [0.4, 0.5) is 5.69 Å². The van der Waals surface area contributed by atoms with Crippen LogP contribution in [0.1, 0.15) is 33.6 Å². The van der Waals surface area contributed by atoms with Gasteiger partial charge in [-0.15, -0.1) is 0 Å². The van der Waals surface area contributed by atoms with Crippen molar-refractivity contribution in [2.24, 2.45) is 5.73 Å². The molecule has 6 nitrogen and oxygen atoms in total. The van der Waals surface area contributed by atoms with Gasteiger partial charge in [0.05, 0.1) is 5.52 Å². The summed E-state index contributed by atoms with van der Waals surface area (Å²) >= 11 is 0. The van der Waals surface area contributed by atoms with E-state index in [1.807, 2.05) is 35.7 Å². The molecule has 116 valence electrons. The van der Waals surface area contributed by atoms with Gasteiger partial charge in [-0.3, -0.25) is 9.59 Å². The number of aryl methyl sites for hydroxylation is 1. The number of nitrogens with zero attached hydrogens (tertiary/aromatic N) is 2. The minimum Gasteiger partial charge on any atom is -0.366 e. The average molecular weight is 308 g/mol. The van der Waals surface area contributed by atoms with Crippen molar-refractivity contribution in [3.63, 3.8) is 0 Å². The Balaban J connectivity index is 1.90. The van der Waals surface area contributed by atoms with Gasteiger partial charge in [0.25, 0.3) is 5.91 Å². The maximum absolute atomic E-state index is 12.5. The Morgan fingerprint density at radius 1 is 1.17 bits per heavy atom. The number of amides is 2. The van der Waals surface area contributed by atoms with Crippen molar-refractivity contribution < 1.29 is 9.59 Å². The number of primary amides is 1. The van der Waals surface area contributed by atoms with Crippen LogP contribution in [0.5, 0.6) is 0 Å². The van der Waals surface area contributed by atoms with Gasteiger partial charge in [-0.05, 0) is 36.4 Å². The molecule has 3 N–H and O–H groups in total. The number of aromatic nitrogens is 2. The molecule has 2 amide bonds. The van der Waals surface area contributed by atoms with Crippen LogP contribution in [0.3, 0.4) is 0 Å². The SMILES string of the molecule is CCc1nc(C(=O)Nc2ccc(C(N)=O)cc2)c2ccccn12. The van der Waals surface area contributed by atoms with E-state index >= 15 is 0 Å². The van der Waals surface area contributed by atoms with Crippen molar-refractivity contribution in [2.45, 2.75) is 13.3 Å². The lowest BCUT2D eigenvalue weighted by molar-refractivity contribution is 0.0998. The molecule has 23 heavy (non-hydrogen) atoms. The number of nitrogens with one attached hydrogen (secondary N) is 1. The highest BCUT2D eigenvalue weighted by molar-refractivity contribution is 6.07. The van der Waals surface area contributed by atoms with Crippen LogP contribution < -0.4 is 11.1 Å². The number of carbonyl (C=O) groups excluding carboxylic acids is 2. The first kappa shape index (κ1) is 14.8. The molecule has 0 saturated heterocycles. The van der Waals surface area contributed by atoms with Gasteiger partial charge < -0.3 is 15.5 Å². The smallest absolute Gasteiger partial charge is 0.276 e. The van der Waals surface area contributed by atoms with E-state index in [1.165, 1.54) is 0 Å². The summed E-state index contributed by atoms with van der Waals surface area (Å²) in [7, 11) is 0. The highest BCUT2D eigenvalue weighted by atomic mass is 16.2. The maximum Gasteiger partial charge on any atom is 0.276 e. The van der Waals surface area contributed by atoms with Crippen LogP contribution in [0.2, 0.25) is 0 Å². The summed E-state index contributed by atoms with van der Waals surface area (Å²) in [5.74, 6) is 0.0330. The van der Waals surface area contributed by atoms with Crippen molar-refractivity contribution in [1.29, 1.82) is 0 Å². The summed E-state index contributed by atoms with van der Waals surface area (Å²) in [4.78, 5) is 28.0. The second kappa shape index (κ2) is 5.92. The van der Waals surface area contributed by atoms with Crippen LogP contribution in [0, 0.1) is 0 Å². The van der Waals surface area contributed by atoms with E-state index in [2.05, 4.69) is 10.3 Å². The first-order valence-corrected chi connectivity index (χ1v) is 7.27. The topological polar surface area (TPSA) is 89.5 Å². The van der Waals surface area contributed by atoms with Gasteiger partial charge in [0.15, 0.2) is 5.69 Å². The van der Waals surface area contributed by atoms with Crippen LogP contribution in [-0.2, 0) is 6.42 Å². The second-order valence-electron chi connectivity index (χ2n) is 5.08. The molecule has 2 heterocycles. The summed E-state index contributed by atoms with van der Waals surface area (Å²) in [6, 6.07) is 12.0. The molecule has 0 spiro atoms. The van der Waals surface area contributed by atoms with E-state index in [1.54, 1.807) is 24.3 Å². The first-order valence-electron chi connectivity index (χ1n) is 7.27. The van der Waals surface area contributed by atoms with Gasteiger partial charge in [-0.2, -0.15) is 0 Å². The van der Waals surface area contributed by atoms with Crippen LogP contribution in [0.15, 0.2) is 48.7 Å². The fourth-order valence-electron chi connectivity index (χ4n) is 2.43. The summed E-state index contributed by atoms with van der Waals surface area (Å²) < 4.78 is 1.91. The zero-order valence-electron chi connectivity index (χ0n) is 12.6. The van der Waals surface area contributed by atoms with Crippen LogP contribution in [-0.4, -0.2) is 21.2 Å². The van der Waals surface area contributed by atoms with Crippen LogP contribution in [0.25, 0.3) is 5.52 Å². The standard InChI is InChI=1S/C17H16N4O2/c1-2-14-20-15(13-5-3-4-10-21(13)14)17(23)19-12-8-6-11(7-9-12)16(18)22/h3-10H,2H2,1H3,(H2,18,22)(H,19,23). The predicted molar refractivity (Wildman–Crippen MR) is 87.5 cm³/mol. The van der Waals surface area contributed by atoms with E-state index < -0.39 is 5.91 Å². The third kappa shape index (κ3) is 2.78. The number of benzene rings is 1. The van der Waals surface area contributed by atoms with Gasteiger partial charge in [-0.1, -0.05) is 13.0 Å². The molecular weight excluding hydrogens is 292 g/mol. The molecule has 0 aliphatic rings. The maximum atomic E-state index is 12.5. The molecule has 0 unspecified atom stereocenters. The number of imidazole rings is 1. The number of pyridine rings is 1. The van der Waals surface area contributed by atoms with E-state index in [9.17, 15) is 9.59 Å². The molecule has 0 radical (unpaired) electrons. The zero-order valence-corrected chi connectivity index (χ0v) is 12.6. The molecule has 1 aromatic carbocycles. The summed E-state index contributed by atoms with van der Waals surface area (Å²) in [6.07, 6.45) is 2.62. The van der Waals surface area contributed by atoms with Crippen LogP contribution >= 0.6 is 0 Å². The Morgan fingerprint density at radius 3 is 2.57 bits per heavy atom. The van der Waals surface area contributed by atoms with E-state index in [-0.39, 0.29) is 5.91 Å². The van der Waals surface area contributed by atoms with Crippen molar-refractivity contribution in [2.75, 3.05) is 5.32 Å². The molecular formula is C17H16N4O2.